The van der Waals surface area contributed by atoms with Crippen molar-refractivity contribution >= 4 is 5.91 Å². The molecule has 1 atom stereocenters. The molecular formula is C9H18N2O2. The van der Waals surface area contributed by atoms with Crippen LogP contribution in [0.25, 0.3) is 0 Å². The van der Waals surface area contributed by atoms with E-state index in [1.54, 1.807) is 6.92 Å². The second-order valence-corrected chi connectivity index (χ2v) is 4.07. The van der Waals surface area contributed by atoms with Crippen LogP contribution in [0.1, 0.15) is 26.2 Å². The smallest absolute Gasteiger partial charge is 0.239 e. The predicted octanol–water partition coefficient (Wildman–Crippen LogP) is 0.00580. The van der Waals surface area contributed by atoms with E-state index in [4.69, 9.17) is 16.2 Å². The lowest BCUT2D eigenvalue weighted by Crippen LogP contribution is -2.52. The third-order valence-electron chi connectivity index (χ3n) is 2.33. The first-order valence-electron chi connectivity index (χ1n) is 4.69. The van der Waals surface area contributed by atoms with Crippen LogP contribution >= 0.6 is 0 Å². The van der Waals surface area contributed by atoms with Crippen molar-refractivity contribution in [3.63, 3.8) is 0 Å². The highest BCUT2D eigenvalue weighted by molar-refractivity contribution is 5.83. The first-order valence-corrected chi connectivity index (χ1v) is 4.69. The normalized spacial score (nSPS) is 21.1. The minimum absolute atomic E-state index is 0.217. The van der Waals surface area contributed by atoms with Crippen LogP contribution in [-0.2, 0) is 9.53 Å². The van der Waals surface area contributed by atoms with Crippen molar-refractivity contribution in [3.8, 4) is 0 Å². The van der Waals surface area contributed by atoms with E-state index in [1.165, 1.54) is 12.8 Å². The van der Waals surface area contributed by atoms with Gasteiger partial charge in [-0.3, -0.25) is 4.79 Å². The van der Waals surface area contributed by atoms with Crippen LogP contribution in [0.4, 0.5) is 0 Å². The van der Waals surface area contributed by atoms with Gasteiger partial charge in [0.1, 0.15) is 5.54 Å². The second-order valence-electron chi connectivity index (χ2n) is 4.07. The first-order chi connectivity index (χ1) is 6.02. The molecule has 4 nitrogen and oxygen atoms in total. The molecule has 1 unspecified atom stereocenters. The molecule has 76 valence electrons. The molecule has 13 heavy (non-hydrogen) atoms. The molecule has 4 heteroatoms. The molecule has 0 bridgehead atoms. The number of carbonyl (C=O) groups excluding carboxylic acids is 1. The molecule has 1 saturated carbocycles. The van der Waals surface area contributed by atoms with Gasteiger partial charge < -0.3 is 16.2 Å². The fourth-order valence-corrected chi connectivity index (χ4v) is 1.01. The van der Waals surface area contributed by atoms with Gasteiger partial charge in [-0.2, -0.15) is 0 Å². The largest absolute Gasteiger partial charge is 0.379 e. The van der Waals surface area contributed by atoms with E-state index in [9.17, 15) is 4.79 Å². The Morgan fingerprint density at radius 3 is 2.69 bits per heavy atom. The van der Waals surface area contributed by atoms with Crippen molar-refractivity contribution in [1.82, 2.24) is 0 Å². The number of primary amides is 1. The Kier molecular flexibility index (Phi) is 3.27. The van der Waals surface area contributed by atoms with E-state index in [0.717, 1.165) is 12.3 Å². The van der Waals surface area contributed by atoms with Gasteiger partial charge in [0, 0.05) is 6.61 Å². The van der Waals surface area contributed by atoms with Crippen LogP contribution < -0.4 is 11.5 Å². The molecular weight excluding hydrogens is 168 g/mol. The summed E-state index contributed by atoms with van der Waals surface area (Å²) in [7, 11) is 0. The summed E-state index contributed by atoms with van der Waals surface area (Å²) < 4.78 is 5.28. The molecule has 0 aromatic rings. The Bertz CT molecular complexity index is 188. The van der Waals surface area contributed by atoms with Gasteiger partial charge in [-0.05, 0) is 19.3 Å². The molecule has 4 N–H and O–H groups in total. The fourth-order valence-electron chi connectivity index (χ4n) is 1.01. The Morgan fingerprint density at radius 1 is 1.62 bits per heavy atom. The van der Waals surface area contributed by atoms with E-state index in [1.807, 2.05) is 0 Å². The number of rotatable bonds is 6. The molecule has 1 amide bonds. The summed E-state index contributed by atoms with van der Waals surface area (Å²) in [6, 6.07) is 0. The molecule has 0 heterocycles. The van der Waals surface area contributed by atoms with E-state index < -0.39 is 11.4 Å². The third-order valence-corrected chi connectivity index (χ3v) is 2.33. The maximum absolute atomic E-state index is 10.8. The lowest BCUT2D eigenvalue weighted by atomic mass is 10.1. The average Bonchev–Trinajstić information content (AvgIpc) is 2.81. The first kappa shape index (κ1) is 10.5. The van der Waals surface area contributed by atoms with E-state index >= 15 is 0 Å². The summed E-state index contributed by atoms with van der Waals surface area (Å²) in [5.41, 5.74) is 9.65. The summed E-state index contributed by atoms with van der Waals surface area (Å²) in [4.78, 5) is 10.8. The zero-order valence-electron chi connectivity index (χ0n) is 8.08. The summed E-state index contributed by atoms with van der Waals surface area (Å²) in [5.74, 6) is 0.330. The van der Waals surface area contributed by atoms with Crippen LogP contribution in [0.3, 0.4) is 0 Å². The van der Waals surface area contributed by atoms with Crippen molar-refractivity contribution in [2.45, 2.75) is 31.7 Å². The van der Waals surface area contributed by atoms with Crippen molar-refractivity contribution in [2.75, 3.05) is 13.2 Å². The molecule has 1 aliphatic rings. The second kappa shape index (κ2) is 4.07. The van der Waals surface area contributed by atoms with E-state index in [0.29, 0.717) is 6.61 Å². The molecule has 1 fully saturated rings. The highest BCUT2D eigenvalue weighted by Gasteiger charge is 2.26. The Balaban J connectivity index is 2.05. The van der Waals surface area contributed by atoms with Crippen LogP contribution in [0.2, 0.25) is 0 Å². The van der Waals surface area contributed by atoms with E-state index in [2.05, 4.69) is 0 Å². The van der Waals surface area contributed by atoms with Gasteiger partial charge in [0.05, 0.1) is 6.61 Å². The maximum atomic E-state index is 10.8. The number of hydrogen-bond acceptors (Lipinski definition) is 3. The van der Waals surface area contributed by atoms with Gasteiger partial charge >= 0.3 is 0 Å². The van der Waals surface area contributed by atoms with Gasteiger partial charge in [0.25, 0.3) is 0 Å². The van der Waals surface area contributed by atoms with Crippen LogP contribution in [0, 0.1) is 5.92 Å². The molecule has 0 aromatic heterocycles. The summed E-state index contributed by atoms with van der Waals surface area (Å²) >= 11 is 0. The van der Waals surface area contributed by atoms with Gasteiger partial charge in [-0.1, -0.05) is 12.8 Å². The Hall–Kier alpha value is -0.610. The molecule has 0 aromatic carbocycles. The SMILES string of the molecule is CC(N)(COCCC1CC1)C(N)=O. The van der Waals surface area contributed by atoms with Gasteiger partial charge in [-0.15, -0.1) is 0 Å². The van der Waals surface area contributed by atoms with Gasteiger partial charge in [-0.25, -0.2) is 0 Å². The summed E-state index contributed by atoms with van der Waals surface area (Å²) in [6.45, 7) is 2.49. The molecule has 1 rings (SSSR count). The van der Waals surface area contributed by atoms with Gasteiger partial charge in [0.2, 0.25) is 5.91 Å². The summed E-state index contributed by atoms with van der Waals surface area (Å²) in [5, 5.41) is 0. The zero-order chi connectivity index (χ0) is 9.90. The average molecular weight is 186 g/mol. The molecule has 0 spiro atoms. The fraction of sp³-hybridized carbons (Fsp3) is 0.889. The van der Waals surface area contributed by atoms with Crippen molar-refractivity contribution in [1.29, 1.82) is 0 Å². The standard InChI is InChI=1S/C9H18N2O2/c1-9(11,8(10)12)6-13-5-4-7-2-3-7/h7H,2-6,11H2,1H3,(H2,10,12). The Morgan fingerprint density at radius 2 is 2.23 bits per heavy atom. The summed E-state index contributed by atoms with van der Waals surface area (Å²) in [6.07, 6.45) is 3.72. The van der Waals surface area contributed by atoms with Crippen molar-refractivity contribution < 1.29 is 9.53 Å². The molecule has 1 aliphatic carbocycles. The lowest BCUT2D eigenvalue weighted by Gasteiger charge is -2.19. The minimum Gasteiger partial charge on any atom is -0.379 e. The molecule has 0 saturated heterocycles. The van der Waals surface area contributed by atoms with Crippen LogP contribution in [0.5, 0.6) is 0 Å². The highest BCUT2D eigenvalue weighted by atomic mass is 16.5. The lowest BCUT2D eigenvalue weighted by molar-refractivity contribution is -0.124. The quantitative estimate of drug-likeness (QED) is 0.573. The monoisotopic (exact) mass is 186 g/mol. The topological polar surface area (TPSA) is 78.3 Å². The molecule has 0 aliphatic heterocycles. The van der Waals surface area contributed by atoms with E-state index in [-0.39, 0.29) is 6.61 Å². The minimum atomic E-state index is -1.02. The number of hydrogen-bond donors (Lipinski definition) is 2. The van der Waals surface area contributed by atoms with Crippen molar-refractivity contribution in [3.05, 3.63) is 0 Å². The number of amides is 1. The van der Waals surface area contributed by atoms with Gasteiger partial charge in [0.15, 0.2) is 0 Å². The van der Waals surface area contributed by atoms with Crippen LogP contribution in [0.15, 0.2) is 0 Å². The number of nitrogens with two attached hydrogens (primary N) is 2. The van der Waals surface area contributed by atoms with Crippen LogP contribution in [-0.4, -0.2) is 24.7 Å². The zero-order valence-corrected chi connectivity index (χ0v) is 8.08. The number of ether oxygens (including phenoxy) is 1. The third kappa shape index (κ3) is 3.74. The number of carbonyl (C=O) groups is 1. The van der Waals surface area contributed by atoms with Crippen molar-refractivity contribution in [2.24, 2.45) is 17.4 Å². The maximum Gasteiger partial charge on any atom is 0.239 e. The highest BCUT2D eigenvalue weighted by Crippen LogP contribution is 2.32. The predicted molar refractivity (Wildman–Crippen MR) is 49.9 cm³/mol. The Labute approximate surface area is 78.6 Å². The molecule has 0 radical (unpaired) electrons.